The fraction of sp³-hybridized carbons (Fsp3) is 0.118. The first-order chi connectivity index (χ1) is 9.90. The summed E-state index contributed by atoms with van der Waals surface area (Å²) >= 11 is 0. The lowest BCUT2D eigenvalue weighted by molar-refractivity contribution is 0.613. The first-order valence-electron chi connectivity index (χ1n) is 6.68. The van der Waals surface area contributed by atoms with Crippen LogP contribution >= 0.6 is 0 Å². The molecule has 100 valence electrons. The van der Waals surface area contributed by atoms with Gasteiger partial charge in [0.05, 0.1) is 12.4 Å². The third-order valence-corrected chi connectivity index (χ3v) is 3.41. The Balaban J connectivity index is 2.11. The SMILES string of the molecule is C=CCn1cccc1C(c1ccccc1)n1ccnc1. The predicted molar refractivity (Wildman–Crippen MR) is 80.5 cm³/mol. The number of imidazole rings is 1. The van der Waals surface area contributed by atoms with E-state index < -0.39 is 0 Å². The van der Waals surface area contributed by atoms with Crippen LogP contribution in [0.25, 0.3) is 0 Å². The molecule has 3 nitrogen and oxygen atoms in total. The molecule has 3 aromatic rings. The summed E-state index contributed by atoms with van der Waals surface area (Å²) in [5.74, 6) is 0. The van der Waals surface area contributed by atoms with Gasteiger partial charge in [-0.05, 0) is 17.7 Å². The Morgan fingerprint density at radius 3 is 2.65 bits per heavy atom. The van der Waals surface area contributed by atoms with E-state index in [2.05, 4.69) is 63.3 Å². The van der Waals surface area contributed by atoms with Crippen molar-refractivity contribution in [3.05, 3.63) is 91.3 Å². The van der Waals surface area contributed by atoms with Crippen LogP contribution in [-0.2, 0) is 6.54 Å². The maximum Gasteiger partial charge on any atom is 0.0998 e. The molecule has 0 aliphatic carbocycles. The lowest BCUT2D eigenvalue weighted by Crippen LogP contribution is -2.15. The van der Waals surface area contributed by atoms with Crippen molar-refractivity contribution < 1.29 is 0 Å². The third-order valence-electron chi connectivity index (χ3n) is 3.41. The van der Waals surface area contributed by atoms with Crippen LogP contribution in [0.1, 0.15) is 17.3 Å². The molecule has 0 amide bonds. The standard InChI is InChI=1S/C17H17N3/c1-2-11-19-12-6-9-16(19)17(20-13-10-18-14-20)15-7-4-3-5-8-15/h2-10,12-14,17H,1,11H2. The number of hydrogen-bond acceptors (Lipinski definition) is 1. The average Bonchev–Trinajstić information content (AvgIpc) is 3.14. The van der Waals surface area contributed by atoms with E-state index in [9.17, 15) is 0 Å². The third kappa shape index (κ3) is 2.30. The Labute approximate surface area is 118 Å². The Morgan fingerprint density at radius 1 is 1.10 bits per heavy atom. The molecule has 0 saturated carbocycles. The summed E-state index contributed by atoms with van der Waals surface area (Å²) in [5, 5.41) is 0. The van der Waals surface area contributed by atoms with E-state index in [-0.39, 0.29) is 6.04 Å². The maximum absolute atomic E-state index is 4.19. The number of aromatic nitrogens is 3. The average molecular weight is 263 g/mol. The molecular weight excluding hydrogens is 246 g/mol. The number of rotatable bonds is 5. The fourth-order valence-electron chi connectivity index (χ4n) is 2.53. The van der Waals surface area contributed by atoms with E-state index in [1.54, 1.807) is 0 Å². The molecule has 0 aliphatic heterocycles. The van der Waals surface area contributed by atoms with Crippen molar-refractivity contribution in [2.24, 2.45) is 0 Å². The normalized spacial score (nSPS) is 12.2. The molecule has 0 spiro atoms. The van der Waals surface area contributed by atoms with E-state index in [1.807, 2.05) is 30.9 Å². The lowest BCUT2D eigenvalue weighted by atomic mass is 10.0. The maximum atomic E-state index is 4.19. The summed E-state index contributed by atoms with van der Waals surface area (Å²) < 4.78 is 4.34. The van der Waals surface area contributed by atoms with Gasteiger partial charge in [-0.25, -0.2) is 4.98 Å². The molecule has 1 unspecified atom stereocenters. The molecule has 2 heterocycles. The van der Waals surface area contributed by atoms with E-state index in [0.717, 1.165) is 6.54 Å². The first-order valence-corrected chi connectivity index (χ1v) is 6.68. The zero-order valence-corrected chi connectivity index (χ0v) is 11.3. The Hall–Kier alpha value is -2.55. The molecule has 0 aliphatic rings. The zero-order chi connectivity index (χ0) is 13.8. The topological polar surface area (TPSA) is 22.8 Å². The number of benzene rings is 1. The van der Waals surface area contributed by atoms with Gasteiger partial charge < -0.3 is 9.13 Å². The molecule has 0 fully saturated rings. The highest BCUT2D eigenvalue weighted by Crippen LogP contribution is 2.26. The van der Waals surface area contributed by atoms with Crippen molar-refractivity contribution in [2.45, 2.75) is 12.6 Å². The van der Waals surface area contributed by atoms with Gasteiger partial charge in [0.1, 0.15) is 0 Å². The molecule has 0 radical (unpaired) electrons. The summed E-state index contributed by atoms with van der Waals surface area (Å²) in [6.07, 6.45) is 9.69. The van der Waals surface area contributed by atoms with Gasteiger partial charge >= 0.3 is 0 Å². The van der Waals surface area contributed by atoms with Crippen molar-refractivity contribution >= 4 is 0 Å². The minimum atomic E-state index is 0.133. The predicted octanol–water partition coefficient (Wildman–Crippen LogP) is 3.51. The monoisotopic (exact) mass is 263 g/mol. The minimum Gasteiger partial charge on any atom is -0.345 e. The molecular formula is C17H17N3. The molecule has 1 aromatic carbocycles. The quantitative estimate of drug-likeness (QED) is 0.646. The molecule has 0 saturated heterocycles. The van der Waals surface area contributed by atoms with Gasteiger partial charge in [-0.1, -0.05) is 36.4 Å². The summed E-state index contributed by atoms with van der Waals surface area (Å²) in [5.41, 5.74) is 2.48. The molecule has 3 heteroatoms. The molecule has 0 bridgehead atoms. The zero-order valence-electron chi connectivity index (χ0n) is 11.3. The molecule has 1 atom stereocenters. The summed E-state index contributed by atoms with van der Waals surface area (Å²) in [7, 11) is 0. The van der Waals surface area contributed by atoms with Gasteiger partial charge in [0.15, 0.2) is 0 Å². The van der Waals surface area contributed by atoms with Crippen molar-refractivity contribution in [2.75, 3.05) is 0 Å². The summed E-state index contributed by atoms with van der Waals surface area (Å²) in [4.78, 5) is 4.19. The van der Waals surface area contributed by atoms with E-state index >= 15 is 0 Å². The highest BCUT2D eigenvalue weighted by Gasteiger charge is 2.18. The Bertz CT molecular complexity index is 665. The number of allylic oxidation sites excluding steroid dienone is 1. The highest BCUT2D eigenvalue weighted by molar-refractivity contribution is 5.30. The van der Waals surface area contributed by atoms with Gasteiger partial charge in [0.25, 0.3) is 0 Å². The summed E-state index contributed by atoms with van der Waals surface area (Å²) in [6, 6.07) is 14.8. The Morgan fingerprint density at radius 2 is 1.95 bits per heavy atom. The van der Waals surface area contributed by atoms with Gasteiger partial charge in [-0.2, -0.15) is 0 Å². The van der Waals surface area contributed by atoms with Crippen molar-refractivity contribution in [1.82, 2.24) is 14.1 Å². The molecule has 2 aromatic heterocycles. The second-order valence-corrected chi connectivity index (χ2v) is 4.70. The van der Waals surface area contributed by atoms with E-state index in [0.29, 0.717) is 0 Å². The van der Waals surface area contributed by atoms with Crippen LogP contribution in [0.2, 0.25) is 0 Å². The second kappa shape index (κ2) is 5.61. The van der Waals surface area contributed by atoms with E-state index in [1.165, 1.54) is 11.3 Å². The Kier molecular flexibility index (Phi) is 3.50. The van der Waals surface area contributed by atoms with Crippen LogP contribution in [0.3, 0.4) is 0 Å². The highest BCUT2D eigenvalue weighted by atomic mass is 15.1. The van der Waals surface area contributed by atoms with Crippen LogP contribution in [0, 0.1) is 0 Å². The van der Waals surface area contributed by atoms with Crippen molar-refractivity contribution in [3.8, 4) is 0 Å². The van der Waals surface area contributed by atoms with Gasteiger partial charge in [-0.15, -0.1) is 6.58 Å². The lowest BCUT2D eigenvalue weighted by Gasteiger charge is -2.21. The largest absolute Gasteiger partial charge is 0.345 e. The van der Waals surface area contributed by atoms with E-state index in [4.69, 9.17) is 0 Å². The van der Waals surface area contributed by atoms with Crippen molar-refractivity contribution in [3.63, 3.8) is 0 Å². The van der Waals surface area contributed by atoms with Crippen LogP contribution in [0.15, 0.2) is 80.0 Å². The molecule has 3 rings (SSSR count). The van der Waals surface area contributed by atoms with Gasteiger partial charge in [0.2, 0.25) is 0 Å². The number of nitrogens with zero attached hydrogens (tertiary/aromatic N) is 3. The van der Waals surface area contributed by atoms with Crippen LogP contribution in [0.4, 0.5) is 0 Å². The summed E-state index contributed by atoms with van der Waals surface area (Å²) in [6.45, 7) is 4.64. The van der Waals surface area contributed by atoms with Gasteiger partial charge in [-0.3, -0.25) is 0 Å². The van der Waals surface area contributed by atoms with Crippen LogP contribution in [-0.4, -0.2) is 14.1 Å². The molecule has 0 N–H and O–H groups in total. The minimum absolute atomic E-state index is 0.133. The smallest absolute Gasteiger partial charge is 0.0998 e. The van der Waals surface area contributed by atoms with Crippen LogP contribution in [0.5, 0.6) is 0 Å². The number of hydrogen-bond donors (Lipinski definition) is 0. The van der Waals surface area contributed by atoms with Crippen molar-refractivity contribution in [1.29, 1.82) is 0 Å². The van der Waals surface area contributed by atoms with Crippen LogP contribution < -0.4 is 0 Å². The molecule has 20 heavy (non-hydrogen) atoms. The first kappa shape index (κ1) is 12.5. The fourth-order valence-corrected chi connectivity index (χ4v) is 2.53. The second-order valence-electron chi connectivity index (χ2n) is 4.70. The van der Waals surface area contributed by atoms with Gasteiger partial charge in [0, 0.05) is 30.8 Å².